The fraction of sp³-hybridized carbons (Fsp3) is 0.0714. The Morgan fingerprint density at radius 3 is 2.70 bits per heavy atom. The zero-order valence-corrected chi connectivity index (χ0v) is 11.8. The molecule has 2 rings (SSSR count). The zero-order chi connectivity index (χ0) is 14.7. The van der Waals surface area contributed by atoms with Crippen molar-refractivity contribution in [1.82, 2.24) is 0 Å². The monoisotopic (exact) mass is 308 g/mol. The van der Waals surface area contributed by atoms with Gasteiger partial charge < -0.3 is 5.73 Å². The summed E-state index contributed by atoms with van der Waals surface area (Å²) in [6.07, 6.45) is 0. The Labute approximate surface area is 123 Å². The van der Waals surface area contributed by atoms with Crippen LogP contribution in [0.2, 0.25) is 5.02 Å². The van der Waals surface area contributed by atoms with Gasteiger partial charge in [0.1, 0.15) is 5.82 Å². The second-order valence-corrected chi connectivity index (χ2v) is 5.95. The highest BCUT2D eigenvalue weighted by atomic mass is 35.5. The first-order chi connectivity index (χ1) is 9.51. The maximum atomic E-state index is 13.8. The molecule has 0 saturated heterocycles. The topological polar surface area (TPSA) is 66.9 Å². The molecule has 0 aliphatic rings. The molecule has 0 saturated carbocycles. The van der Waals surface area contributed by atoms with Gasteiger partial charge in [-0.1, -0.05) is 17.7 Å². The fourth-order valence-electron chi connectivity index (χ4n) is 1.66. The van der Waals surface area contributed by atoms with E-state index < -0.39 is 16.6 Å². The van der Waals surface area contributed by atoms with E-state index in [4.69, 9.17) is 22.6 Å². The third-order valence-corrected chi connectivity index (χ3v) is 4.34. The van der Waals surface area contributed by atoms with E-state index in [1.807, 2.05) is 6.07 Å². The van der Waals surface area contributed by atoms with Crippen LogP contribution in [-0.2, 0) is 16.6 Å². The van der Waals surface area contributed by atoms with Gasteiger partial charge in [-0.25, -0.2) is 4.39 Å². The van der Waals surface area contributed by atoms with Gasteiger partial charge in [-0.15, -0.1) is 0 Å². The third kappa shape index (κ3) is 3.16. The van der Waals surface area contributed by atoms with Crippen LogP contribution in [0.4, 0.5) is 10.1 Å². The Morgan fingerprint density at radius 1 is 1.30 bits per heavy atom. The van der Waals surface area contributed by atoms with E-state index in [-0.39, 0.29) is 16.9 Å². The Morgan fingerprint density at radius 2 is 2.05 bits per heavy atom. The highest BCUT2D eigenvalue weighted by Crippen LogP contribution is 2.24. The number of nitriles is 1. The summed E-state index contributed by atoms with van der Waals surface area (Å²) in [6.45, 7) is 0. The lowest BCUT2D eigenvalue weighted by molar-refractivity contribution is 0.614. The van der Waals surface area contributed by atoms with E-state index in [0.29, 0.717) is 15.6 Å². The lowest BCUT2D eigenvalue weighted by Crippen LogP contribution is -2.02. The van der Waals surface area contributed by atoms with Crippen LogP contribution in [0.25, 0.3) is 0 Å². The van der Waals surface area contributed by atoms with Gasteiger partial charge in [-0.05, 0) is 30.3 Å². The van der Waals surface area contributed by atoms with Crippen molar-refractivity contribution in [2.45, 2.75) is 10.6 Å². The summed E-state index contributed by atoms with van der Waals surface area (Å²) in [5, 5.41) is 9.09. The van der Waals surface area contributed by atoms with Crippen molar-refractivity contribution in [1.29, 1.82) is 5.26 Å². The molecule has 0 aliphatic heterocycles. The normalized spacial score (nSPS) is 11.8. The molecule has 0 aliphatic carbocycles. The summed E-state index contributed by atoms with van der Waals surface area (Å²) < 4.78 is 26.0. The van der Waals surface area contributed by atoms with Gasteiger partial charge in [-0.2, -0.15) is 5.26 Å². The van der Waals surface area contributed by atoms with Crippen molar-refractivity contribution in [2.24, 2.45) is 0 Å². The van der Waals surface area contributed by atoms with Crippen LogP contribution in [0.1, 0.15) is 11.1 Å². The number of halogens is 2. The number of hydrogen-bond acceptors (Lipinski definition) is 3. The molecule has 0 radical (unpaired) electrons. The molecule has 3 nitrogen and oxygen atoms in total. The lowest BCUT2D eigenvalue weighted by Gasteiger charge is -2.07. The first kappa shape index (κ1) is 14.5. The molecule has 20 heavy (non-hydrogen) atoms. The first-order valence-electron chi connectivity index (χ1n) is 5.63. The average Bonchev–Trinajstić information content (AvgIpc) is 2.43. The quantitative estimate of drug-likeness (QED) is 0.885. The van der Waals surface area contributed by atoms with E-state index in [9.17, 15) is 8.60 Å². The summed E-state index contributed by atoms with van der Waals surface area (Å²) in [5.74, 6) is -0.583. The van der Waals surface area contributed by atoms with Crippen LogP contribution in [0.3, 0.4) is 0 Å². The summed E-state index contributed by atoms with van der Waals surface area (Å²) in [6, 6.07) is 10.6. The second kappa shape index (κ2) is 6.04. The number of rotatable bonds is 3. The van der Waals surface area contributed by atoms with E-state index in [1.165, 1.54) is 18.2 Å². The average molecular weight is 309 g/mol. The summed E-state index contributed by atoms with van der Waals surface area (Å²) in [7, 11) is -1.51. The highest BCUT2D eigenvalue weighted by molar-refractivity contribution is 7.84. The third-order valence-electron chi connectivity index (χ3n) is 2.69. The Kier molecular flexibility index (Phi) is 4.38. The van der Waals surface area contributed by atoms with E-state index in [0.717, 1.165) is 6.07 Å². The highest BCUT2D eigenvalue weighted by Gasteiger charge is 2.12. The van der Waals surface area contributed by atoms with Crippen LogP contribution >= 0.6 is 11.6 Å². The largest absolute Gasteiger partial charge is 0.398 e. The number of benzene rings is 2. The lowest BCUT2D eigenvalue weighted by atomic mass is 10.1. The Hall–Kier alpha value is -1.90. The van der Waals surface area contributed by atoms with Crippen molar-refractivity contribution < 1.29 is 8.60 Å². The molecule has 1 atom stereocenters. The fourth-order valence-corrected chi connectivity index (χ4v) is 3.16. The second-order valence-electron chi connectivity index (χ2n) is 4.09. The van der Waals surface area contributed by atoms with Gasteiger partial charge in [0.2, 0.25) is 0 Å². The van der Waals surface area contributed by atoms with Crippen molar-refractivity contribution in [3.05, 3.63) is 58.4 Å². The summed E-state index contributed by atoms with van der Waals surface area (Å²) in [4.78, 5) is 0.376. The van der Waals surface area contributed by atoms with Gasteiger partial charge in [-0.3, -0.25) is 4.21 Å². The van der Waals surface area contributed by atoms with E-state index in [2.05, 4.69) is 0 Å². The van der Waals surface area contributed by atoms with Crippen LogP contribution in [0, 0.1) is 17.1 Å². The predicted molar refractivity (Wildman–Crippen MR) is 77.1 cm³/mol. The molecule has 0 aromatic heterocycles. The smallest absolute Gasteiger partial charge is 0.128 e. The molecule has 1 unspecified atom stereocenters. The molecule has 0 heterocycles. The van der Waals surface area contributed by atoms with Gasteiger partial charge >= 0.3 is 0 Å². The molecule has 2 aromatic carbocycles. The Balaban J connectivity index is 2.28. The minimum Gasteiger partial charge on any atom is -0.398 e. The molecular formula is C14H10ClFN2OS. The standard InChI is InChI=1S/C14H10ClFN2OS/c15-11-3-4-13(18)14(6-11)20(19)8-10-2-1-9(7-17)5-12(10)16/h1-6H,8,18H2. The van der Waals surface area contributed by atoms with Crippen LogP contribution < -0.4 is 5.73 Å². The minimum atomic E-state index is -1.51. The number of hydrogen-bond donors (Lipinski definition) is 1. The molecule has 0 spiro atoms. The van der Waals surface area contributed by atoms with E-state index >= 15 is 0 Å². The number of anilines is 1. The Bertz CT molecular complexity index is 728. The maximum Gasteiger partial charge on any atom is 0.128 e. The van der Waals surface area contributed by atoms with Gasteiger partial charge in [0.25, 0.3) is 0 Å². The number of nitrogens with zero attached hydrogens (tertiary/aromatic N) is 1. The van der Waals surface area contributed by atoms with Gasteiger partial charge in [0.05, 0.1) is 33.1 Å². The van der Waals surface area contributed by atoms with Crippen molar-refractivity contribution in [3.63, 3.8) is 0 Å². The van der Waals surface area contributed by atoms with Crippen molar-refractivity contribution in [3.8, 4) is 6.07 Å². The zero-order valence-electron chi connectivity index (χ0n) is 10.3. The minimum absolute atomic E-state index is 0.0257. The van der Waals surface area contributed by atoms with Gasteiger partial charge in [0, 0.05) is 16.3 Å². The number of nitrogens with two attached hydrogens (primary N) is 1. The van der Waals surface area contributed by atoms with Crippen molar-refractivity contribution >= 4 is 28.1 Å². The molecule has 2 aromatic rings. The van der Waals surface area contributed by atoms with Gasteiger partial charge in [0.15, 0.2) is 0 Å². The molecule has 6 heteroatoms. The molecule has 102 valence electrons. The summed E-state index contributed by atoms with van der Waals surface area (Å²) >= 11 is 5.83. The maximum absolute atomic E-state index is 13.8. The number of nitrogen functional groups attached to an aromatic ring is 1. The molecule has 0 bridgehead atoms. The van der Waals surface area contributed by atoms with Crippen LogP contribution in [-0.4, -0.2) is 4.21 Å². The summed E-state index contributed by atoms with van der Waals surface area (Å²) in [5.41, 5.74) is 6.58. The molecular weight excluding hydrogens is 299 g/mol. The molecule has 0 fully saturated rings. The SMILES string of the molecule is N#Cc1ccc(CS(=O)c2cc(Cl)ccc2N)c(F)c1. The predicted octanol–water partition coefficient (Wildman–Crippen LogP) is 3.24. The van der Waals surface area contributed by atoms with Crippen molar-refractivity contribution in [2.75, 3.05) is 5.73 Å². The first-order valence-corrected chi connectivity index (χ1v) is 7.33. The molecule has 0 amide bonds. The van der Waals surface area contributed by atoms with Crippen LogP contribution in [0.15, 0.2) is 41.3 Å². The molecule has 2 N–H and O–H groups in total. The van der Waals surface area contributed by atoms with Crippen LogP contribution in [0.5, 0.6) is 0 Å². The van der Waals surface area contributed by atoms with E-state index in [1.54, 1.807) is 12.1 Å².